The number of hydrogen-bond acceptors (Lipinski definition) is 3. The zero-order chi connectivity index (χ0) is 15.8. The molecule has 0 aliphatic rings. The van der Waals surface area contributed by atoms with Gasteiger partial charge in [-0.3, -0.25) is 0 Å². The van der Waals surface area contributed by atoms with E-state index in [9.17, 15) is 4.79 Å². The predicted molar refractivity (Wildman–Crippen MR) is 87.9 cm³/mol. The summed E-state index contributed by atoms with van der Waals surface area (Å²) >= 11 is 0. The summed E-state index contributed by atoms with van der Waals surface area (Å²) < 4.78 is 10.5. The molecule has 114 valence electrons. The molecular formula is C19H20O3. The van der Waals surface area contributed by atoms with Crippen LogP contribution in [0.25, 0.3) is 6.08 Å². The van der Waals surface area contributed by atoms with E-state index in [2.05, 4.69) is 0 Å². The molecule has 3 nitrogen and oxygen atoms in total. The fourth-order valence-corrected chi connectivity index (χ4v) is 2.10. The second-order valence-corrected chi connectivity index (χ2v) is 4.98. The molecule has 2 aromatic carbocycles. The van der Waals surface area contributed by atoms with Crippen LogP contribution in [0.1, 0.15) is 16.7 Å². The van der Waals surface area contributed by atoms with Crippen LogP contribution in [0.15, 0.2) is 54.6 Å². The molecule has 0 bridgehead atoms. The van der Waals surface area contributed by atoms with Crippen LogP contribution in [0.2, 0.25) is 0 Å². The third kappa shape index (κ3) is 4.77. The van der Waals surface area contributed by atoms with Crippen molar-refractivity contribution in [3.05, 3.63) is 71.3 Å². The Bertz CT molecular complexity index is 645. The Labute approximate surface area is 131 Å². The highest BCUT2D eigenvalue weighted by Crippen LogP contribution is 2.20. The molecule has 0 aromatic heterocycles. The van der Waals surface area contributed by atoms with Gasteiger partial charge in [-0.15, -0.1) is 0 Å². The first-order valence-corrected chi connectivity index (χ1v) is 7.22. The van der Waals surface area contributed by atoms with Crippen LogP contribution in [0.5, 0.6) is 5.75 Å². The van der Waals surface area contributed by atoms with Gasteiger partial charge in [0.2, 0.25) is 0 Å². The molecule has 0 heterocycles. The summed E-state index contributed by atoms with van der Waals surface area (Å²) in [6.45, 7) is 2.37. The van der Waals surface area contributed by atoms with E-state index in [4.69, 9.17) is 9.47 Å². The maximum atomic E-state index is 11.7. The van der Waals surface area contributed by atoms with E-state index in [1.165, 1.54) is 6.08 Å². The molecule has 0 amide bonds. The quantitative estimate of drug-likeness (QED) is 0.601. The predicted octanol–water partition coefficient (Wildman–Crippen LogP) is 3.80. The fraction of sp³-hybridized carbons (Fsp3) is 0.211. The summed E-state index contributed by atoms with van der Waals surface area (Å²) in [7, 11) is 1.61. The van der Waals surface area contributed by atoms with Crippen LogP contribution in [0.4, 0.5) is 0 Å². The van der Waals surface area contributed by atoms with E-state index in [1.54, 1.807) is 13.2 Å². The molecule has 0 saturated carbocycles. The van der Waals surface area contributed by atoms with E-state index in [0.29, 0.717) is 13.0 Å². The highest BCUT2D eigenvalue weighted by molar-refractivity contribution is 5.87. The Balaban J connectivity index is 1.87. The van der Waals surface area contributed by atoms with Gasteiger partial charge in [0.25, 0.3) is 0 Å². The molecule has 0 radical (unpaired) electrons. The smallest absolute Gasteiger partial charge is 0.330 e. The number of ether oxygens (including phenoxy) is 2. The van der Waals surface area contributed by atoms with E-state index in [0.717, 1.165) is 22.4 Å². The van der Waals surface area contributed by atoms with Crippen molar-refractivity contribution < 1.29 is 14.3 Å². The van der Waals surface area contributed by atoms with Gasteiger partial charge < -0.3 is 9.47 Å². The lowest BCUT2D eigenvalue weighted by Crippen LogP contribution is -2.04. The minimum atomic E-state index is -0.348. The molecule has 0 fully saturated rings. The van der Waals surface area contributed by atoms with Crippen molar-refractivity contribution >= 4 is 12.0 Å². The molecule has 22 heavy (non-hydrogen) atoms. The fourth-order valence-electron chi connectivity index (χ4n) is 2.10. The molecule has 2 rings (SSSR count). The Morgan fingerprint density at radius 1 is 1.14 bits per heavy atom. The van der Waals surface area contributed by atoms with Crippen molar-refractivity contribution in [1.82, 2.24) is 0 Å². The number of rotatable bonds is 6. The van der Waals surface area contributed by atoms with Crippen LogP contribution in [0, 0.1) is 6.92 Å². The monoisotopic (exact) mass is 296 g/mol. The van der Waals surface area contributed by atoms with Gasteiger partial charge in [-0.2, -0.15) is 0 Å². The second-order valence-electron chi connectivity index (χ2n) is 4.98. The molecule has 0 N–H and O–H groups in total. The van der Waals surface area contributed by atoms with Gasteiger partial charge in [0, 0.05) is 18.1 Å². The van der Waals surface area contributed by atoms with Gasteiger partial charge in [0.05, 0.1) is 13.7 Å². The first kappa shape index (κ1) is 15.8. The van der Waals surface area contributed by atoms with E-state index in [1.807, 2.05) is 55.5 Å². The highest BCUT2D eigenvalue weighted by Gasteiger charge is 2.02. The first-order chi connectivity index (χ1) is 10.7. The van der Waals surface area contributed by atoms with Crippen LogP contribution >= 0.6 is 0 Å². The zero-order valence-corrected chi connectivity index (χ0v) is 12.9. The Hall–Kier alpha value is -2.55. The summed E-state index contributed by atoms with van der Waals surface area (Å²) in [5.74, 6) is 0.387. The average molecular weight is 296 g/mol. The SMILES string of the molecule is COc1ccc(C)cc1/C=C/C(=O)OCCc1ccccc1. The molecule has 3 heteroatoms. The number of benzene rings is 2. The summed E-state index contributed by atoms with van der Waals surface area (Å²) in [4.78, 5) is 11.7. The Kier molecular flexibility index (Phi) is 5.78. The number of esters is 1. The number of carbonyl (C=O) groups is 1. The summed E-state index contributed by atoms with van der Waals surface area (Å²) in [6, 6.07) is 15.8. The van der Waals surface area contributed by atoms with Crippen molar-refractivity contribution in [3.8, 4) is 5.75 Å². The molecule has 0 aliphatic heterocycles. The van der Waals surface area contributed by atoms with Crippen LogP contribution in [0.3, 0.4) is 0 Å². The second kappa shape index (κ2) is 8.03. The third-order valence-electron chi connectivity index (χ3n) is 3.26. The highest BCUT2D eigenvalue weighted by atomic mass is 16.5. The van der Waals surface area contributed by atoms with Crippen molar-refractivity contribution in [2.75, 3.05) is 13.7 Å². The zero-order valence-electron chi connectivity index (χ0n) is 12.9. The van der Waals surface area contributed by atoms with E-state index < -0.39 is 0 Å². The maximum absolute atomic E-state index is 11.7. The van der Waals surface area contributed by atoms with Crippen LogP contribution < -0.4 is 4.74 Å². The lowest BCUT2D eigenvalue weighted by Gasteiger charge is -2.05. The van der Waals surface area contributed by atoms with Crippen molar-refractivity contribution in [2.24, 2.45) is 0 Å². The maximum Gasteiger partial charge on any atom is 0.330 e. The van der Waals surface area contributed by atoms with Gasteiger partial charge in [-0.05, 0) is 30.7 Å². The largest absolute Gasteiger partial charge is 0.496 e. The Morgan fingerprint density at radius 3 is 2.64 bits per heavy atom. The normalized spacial score (nSPS) is 10.6. The van der Waals surface area contributed by atoms with Crippen molar-refractivity contribution in [3.63, 3.8) is 0 Å². The summed E-state index contributed by atoms with van der Waals surface area (Å²) in [5.41, 5.74) is 3.13. The van der Waals surface area contributed by atoms with Gasteiger partial charge in [0.1, 0.15) is 5.75 Å². The average Bonchev–Trinajstić information content (AvgIpc) is 2.54. The summed E-state index contributed by atoms with van der Waals surface area (Å²) in [6.07, 6.45) is 3.87. The lowest BCUT2D eigenvalue weighted by molar-refractivity contribution is -0.137. The van der Waals surface area contributed by atoms with E-state index >= 15 is 0 Å². The molecule has 0 spiro atoms. The van der Waals surface area contributed by atoms with Gasteiger partial charge >= 0.3 is 5.97 Å². The van der Waals surface area contributed by atoms with E-state index in [-0.39, 0.29) is 5.97 Å². The van der Waals surface area contributed by atoms with Gasteiger partial charge in [-0.25, -0.2) is 4.79 Å². The molecule has 2 aromatic rings. The molecule has 0 saturated heterocycles. The minimum absolute atomic E-state index is 0.348. The number of aryl methyl sites for hydroxylation is 1. The standard InChI is InChI=1S/C19H20O3/c1-15-8-10-18(21-2)17(14-15)9-11-19(20)22-13-12-16-6-4-3-5-7-16/h3-11,14H,12-13H2,1-2H3/b11-9+. The lowest BCUT2D eigenvalue weighted by atomic mass is 10.1. The first-order valence-electron chi connectivity index (χ1n) is 7.22. The molecule has 0 aliphatic carbocycles. The number of hydrogen-bond donors (Lipinski definition) is 0. The van der Waals surface area contributed by atoms with Gasteiger partial charge in [-0.1, -0.05) is 42.0 Å². The third-order valence-corrected chi connectivity index (χ3v) is 3.26. The number of methoxy groups -OCH3 is 1. The summed E-state index contributed by atoms with van der Waals surface area (Å²) in [5, 5.41) is 0. The topological polar surface area (TPSA) is 35.5 Å². The minimum Gasteiger partial charge on any atom is -0.496 e. The van der Waals surface area contributed by atoms with Gasteiger partial charge in [0.15, 0.2) is 0 Å². The number of carbonyl (C=O) groups excluding carboxylic acids is 1. The molecule has 0 unspecified atom stereocenters. The van der Waals surface area contributed by atoms with Crippen LogP contribution in [-0.4, -0.2) is 19.7 Å². The van der Waals surface area contributed by atoms with Crippen molar-refractivity contribution in [2.45, 2.75) is 13.3 Å². The van der Waals surface area contributed by atoms with Crippen molar-refractivity contribution in [1.29, 1.82) is 0 Å². The molecule has 0 atom stereocenters. The molecular weight excluding hydrogens is 276 g/mol. The Morgan fingerprint density at radius 2 is 1.91 bits per heavy atom. The van der Waals surface area contributed by atoms with Crippen LogP contribution in [-0.2, 0) is 16.0 Å².